The van der Waals surface area contributed by atoms with Crippen LogP contribution in [0.3, 0.4) is 0 Å². The number of nitriles is 1. The van der Waals surface area contributed by atoms with Crippen LogP contribution in [0.25, 0.3) is 0 Å². The van der Waals surface area contributed by atoms with Crippen LogP contribution in [0, 0.1) is 24.5 Å². The third-order valence-electron chi connectivity index (χ3n) is 3.97. The van der Waals surface area contributed by atoms with Crippen molar-refractivity contribution in [3.05, 3.63) is 47.0 Å². The first-order valence-corrected chi connectivity index (χ1v) is 9.66. The van der Waals surface area contributed by atoms with Crippen molar-refractivity contribution in [2.24, 2.45) is 0 Å². The lowest BCUT2D eigenvalue weighted by atomic mass is 10.1. The van der Waals surface area contributed by atoms with E-state index in [9.17, 15) is 9.59 Å². The Morgan fingerprint density at radius 3 is 2.41 bits per heavy atom. The zero-order valence-corrected chi connectivity index (χ0v) is 17.5. The predicted molar refractivity (Wildman–Crippen MR) is 110 cm³/mol. The molecule has 152 valence electrons. The number of hydrogen-bond acceptors (Lipinski definition) is 7. The van der Waals surface area contributed by atoms with E-state index in [1.54, 1.807) is 12.1 Å². The van der Waals surface area contributed by atoms with Gasteiger partial charge in [-0.25, -0.2) is 4.79 Å². The van der Waals surface area contributed by atoms with E-state index in [1.165, 1.54) is 13.2 Å². The second kappa shape index (κ2) is 10.4. The first-order chi connectivity index (χ1) is 13.9. The Morgan fingerprint density at radius 2 is 1.83 bits per heavy atom. The van der Waals surface area contributed by atoms with Gasteiger partial charge in [0.1, 0.15) is 5.40 Å². The second-order valence-electron chi connectivity index (χ2n) is 6.05. The number of ether oxygens (including phenoxy) is 3. The van der Waals surface area contributed by atoms with Crippen molar-refractivity contribution in [1.29, 1.82) is 5.26 Å². The molecule has 0 aliphatic carbocycles. The van der Waals surface area contributed by atoms with Gasteiger partial charge in [-0.3, -0.25) is 4.79 Å². The number of nitrogens with one attached hydrogen (secondary N) is 1. The highest BCUT2D eigenvalue weighted by Gasteiger charge is 2.15. The summed E-state index contributed by atoms with van der Waals surface area (Å²) in [5.41, 5.74) is 2.52. The minimum absolute atomic E-state index is 0.253. The molecule has 2 aromatic rings. The molecule has 0 bridgehead atoms. The number of amides is 1. The maximum atomic E-state index is 12.3. The van der Waals surface area contributed by atoms with Gasteiger partial charge in [-0.15, -0.1) is 0 Å². The Kier molecular flexibility index (Phi) is 7.92. The molecule has 8 heteroatoms. The number of benzene rings is 2. The Hall–Kier alpha value is -3.18. The van der Waals surface area contributed by atoms with Crippen LogP contribution < -0.4 is 14.8 Å². The molecule has 0 aromatic heterocycles. The number of methoxy groups -OCH3 is 1. The molecule has 0 saturated heterocycles. The highest BCUT2D eigenvalue weighted by atomic mass is 32.2. The summed E-state index contributed by atoms with van der Waals surface area (Å²) in [6.45, 7) is 5.56. The van der Waals surface area contributed by atoms with Crippen LogP contribution in [0.5, 0.6) is 11.5 Å². The summed E-state index contributed by atoms with van der Waals surface area (Å²) in [6.07, 6.45) is 0. The summed E-state index contributed by atoms with van der Waals surface area (Å²) in [6, 6.07) is 8.30. The number of nitrogens with zero attached hydrogens (tertiary/aromatic N) is 1. The molecular weight excluding hydrogens is 392 g/mol. The standard InChI is InChI=1S/C21H22N2O5S/c1-5-27-17-7-6-15(10-18(17)26-4)21(25)28-11-19(24)23-20-13(2)8-16(29-12-22)9-14(20)3/h6-10H,5,11H2,1-4H3,(H,23,24). The third kappa shape index (κ3) is 5.90. The summed E-state index contributed by atoms with van der Waals surface area (Å²) in [5, 5.41) is 13.6. The van der Waals surface area contributed by atoms with Gasteiger partial charge in [0, 0.05) is 10.6 Å². The maximum Gasteiger partial charge on any atom is 0.338 e. The molecule has 0 aliphatic heterocycles. The van der Waals surface area contributed by atoms with Crippen LogP contribution in [-0.4, -0.2) is 32.2 Å². The van der Waals surface area contributed by atoms with Gasteiger partial charge in [-0.05, 0) is 74.0 Å². The minimum Gasteiger partial charge on any atom is -0.493 e. The molecule has 0 aliphatic rings. The zero-order valence-electron chi connectivity index (χ0n) is 16.7. The van der Waals surface area contributed by atoms with Crippen molar-refractivity contribution in [1.82, 2.24) is 0 Å². The highest BCUT2D eigenvalue weighted by molar-refractivity contribution is 8.03. The number of anilines is 1. The van der Waals surface area contributed by atoms with Gasteiger partial charge in [-0.2, -0.15) is 5.26 Å². The van der Waals surface area contributed by atoms with Crippen LogP contribution in [0.1, 0.15) is 28.4 Å². The first kappa shape index (κ1) is 22.1. The van der Waals surface area contributed by atoms with Crippen molar-refractivity contribution in [2.45, 2.75) is 25.7 Å². The highest BCUT2D eigenvalue weighted by Crippen LogP contribution is 2.29. The quantitative estimate of drug-likeness (QED) is 0.395. The minimum atomic E-state index is -0.643. The zero-order chi connectivity index (χ0) is 21.4. The number of thiocyanates is 1. The van der Waals surface area contributed by atoms with E-state index in [0.29, 0.717) is 23.8 Å². The molecule has 0 fully saturated rings. The Labute approximate surface area is 174 Å². The lowest BCUT2D eigenvalue weighted by Crippen LogP contribution is -2.22. The molecule has 0 heterocycles. The number of thioether (sulfide) groups is 1. The number of carbonyl (C=O) groups is 2. The molecule has 1 amide bonds. The van der Waals surface area contributed by atoms with Crippen LogP contribution in [-0.2, 0) is 9.53 Å². The maximum absolute atomic E-state index is 12.3. The van der Waals surface area contributed by atoms with Crippen molar-refractivity contribution in [3.63, 3.8) is 0 Å². The van der Waals surface area contributed by atoms with Gasteiger partial charge in [0.15, 0.2) is 18.1 Å². The molecule has 2 aromatic carbocycles. The van der Waals surface area contributed by atoms with Crippen molar-refractivity contribution >= 4 is 29.3 Å². The lowest BCUT2D eigenvalue weighted by molar-refractivity contribution is -0.119. The monoisotopic (exact) mass is 414 g/mol. The Balaban J connectivity index is 2.01. The van der Waals surface area contributed by atoms with Gasteiger partial charge < -0.3 is 19.5 Å². The fourth-order valence-electron chi connectivity index (χ4n) is 2.69. The van der Waals surface area contributed by atoms with Crippen LogP contribution in [0.2, 0.25) is 0 Å². The number of aryl methyl sites for hydroxylation is 2. The van der Waals surface area contributed by atoms with E-state index in [0.717, 1.165) is 27.8 Å². The summed E-state index contributed by atoms with van der Waals surface area (Å²) in [7, 11) is 1.48. The molecule has 7 nitrogen and oxygen atoms in total. The van der Waals surface area contributed by atoms with E-state index >= 15 is 0 Å². The summed E-state index contributed by atoms with van der Waals surface area (Å²) in [4.78, 5) is 25.3. The molecule has 0 unspecified atom stereocenters. The summed E-state index contributed by atoms with van der Waals surface area (Å²) >= 11 is 1.05. The molecule has 1 N–H and O–H groups in total. The molecule has 29 heavy (non-hydrogen) atoms. The topological polar surface area (TPSA) is 97.6 Å². The van der Waals surface area contributed by atoms with Crippen molar-refractivity contribution in [3.8, 4) is 16.9 Å². The predicted octanol–water partition coefficient (Wildman–Crippen LogP) is 4.08. The lowest BCUT2D eigenvalue weighted by Gasteiger charge is -2.13. The average Bonchev–Trinajstić information content (AvgIpc) is 2.69. The van der Waals surface area contributed by atoms with Crippen LogP contribution in [0.15, 0.2) is 35.2 Å². The molecule has 2 rings (SSSR count). The number of hydrogen-bond donors (Lipinski definition) is 1. The fourth-order valence-corrected chi connectivity index (χ4v) is 3.27. The van der Waals surface area contributed by atoms with E-state index < -0.39 is 18.5 Å². The van der Waals surface area contributed by atoms with E-state index in [-0.39, 0.29) is 5.56 Å². The molecule has 0 radical (unpaired) electrons. The van der Waals surface area contributed by atoms with Gasteiger partial charge in [-0.1, -0.05) is 0 Å². The van der Waals surface area contributed by atoms with Crippen molar-refractivity contribution in [2.75, 3.05) is 25.6 Å². The Morgan fingerprint density at radius 1 is 1.14 bits per heavy atom. The molecule has 0 spiro atoms. The second-order valence-corrected chi connectivity index (χ2v) is 6.91. The number of rotatable bonds is 8. The van der Waals surface area contributed by atoms with Gasteiger partial charge >= 0.3 is 5.97 Å². The molecular formula is C21H22N2O5S. The van der Waals surface area contributed by atoms with E-state index in [2.05, 4.69) is 5.32 Å². The number of esters is 1. The smallest absolute Gasteiger partial charge is 0.338 e. The molecule has 0 saturated carbocycles. The first-order valence-electron chi connectivity index (χ1n) is 8.84. The van der Waals surface area contributed by atoms with Crippen LogP contribution in [0.4, 0.5) is 5.69 Å². The molecule has 0 atom stereocenters. The van der Waals surface area contributed by atoms with Gasteiger partial charge in [0.05, 0.1) is 19.3 Å². The summed E-state index contributed by atoms with van der Waals surface area (Å²) < 4.78 is 15.7. The van der Waals surface area contributed by atoms with Gasteiger partial charge in [0.25, 0.3) is 5.91 Å². The van der Waals surface area contributed by atoms with Crippen molar-refractivity contribution < 1.29 is 23.8 Å². The fraction of sp³-hybridized carbons (Fsp3) is 0.286. The SMILES string of the molecule is CCOc1ccc(C(=O)OCC(=O)Nc2c(C)cc(SC#N)cc2C)cc1OC. The number of carbonyl (C=O) groups excluding carboxylic acids is 2. The summed E-state index contributed by atoms with van der Waals surface area (Å²) in [5.74, 6) is -0.167. The normalized spacial score (nSPS) is 10.0. The van der Waals surface area contributed by atoms with Crippen LogP contribution >= 0.6 is 11.8 Å². The van der Waals surface area contributed by atoms with E-state index in [4.69, 9.17) is 19.5 Å². The largest absolute Gasteiger partial charge is 0.493 e. The van der Waals surface area contributed by atoms with Gasteiger partial charge in [0.2, 0.25) is 0 Å². The van der Waals surface area contributed by atoms with E-state index in [1.807, 2.05) is 38.3 Å². The third-order valence-corrected chi connectivity index (χ3v) is 4.53. The Bertz CT molecular complexity index is 930. The average molecular weight is 414 g/mol.